The molecule has 6 heteroatoms. The minimum Gasteiger partial charge on any atom is -0.491 e. The molecule has 3 rings (SSSR count). The van der Waals surface area contributed by atoms with Gasteiger partial charge in [0.1, 0.15) is 18.4 Å². The molecule has 0 unspecified atom stereocenters. The summed E-state index contributed by atoms with van der Waals surface area (Å²) in [6.45, 7) is 3.77. The van der Waals surface area contributed by atoms with Crippen LogP contribution in [0.4, 0.5) is 5.69 Å². The van der Waals surface area contributed by atoms with Crippen molar-refractivity contribution in [3.05, 3.63) is 35.9 Å². The molecule has 1 saturated carbocycles. The van der Waals surface area contributed by atoms with E-state index in [4.69, 9.17) is 16.3 Å². The molecule has 1 fully saturated rings. The van der Waals surface area contributed by atoms with Gasteiger partial charge in [0.2, 0.25) is 0 Å². The van der Waals surface area contributed by atoms with Gasteiger partial charge >= 0.3 is 0 Å². The molecule has 2 aromatic rings. The summed E-state index contributed by atoms with van der Waals surface area (Å²) in [5.74, 6) is 1.59. The number of anilines is 1. The predicted octanol–water partition coefficient (Wildman–Crippen LogP) is 4.00. The standard InChI is InChI=1S/C17H23ClN4O/c1-13(7-8-22-12-19-11-20-22)21-16-9-15(18)5-6-17(16)23-10-14-3-2-4-14/h5-6,9,11-14,21H,2-4,7-8,10H2,1H3/t13-/m0/s1. The van der Waals surface area contributed by atoms with Gasteiger partial charge in [0.25, 0.3) is 0 Å². The zero-order valence-electron chi connectivity index (χ0n) is 13.4. The third-order valence-electron chi connectivity index (χ3n) is 4.30. The van der Waals surface area contributed by atoms with Crippen LogP contribution in [0.5, 0.6) is 5.75 Å². The van der Waals surface area contributed by atoms with Crippen molar-refractivity contribution in [2.45, 2.75) is 45.2 Å². The minimum atomic E-state index is 0.281. The maximum Gasteiger partial charge on any atom is 0.142 e. The Morgan fingerprint density at radius 2 is 2.30 bits per heavy atom. The molecule has 23 heavy (non-hydrogen) atoms. The van der Waals surface area contributed by atoms with Gasteiger partial charge in [0.05, 0.1) is 12.3 Å². The number of nitrogens with zero attached hydrogens (tertiary/aromatic N) is 3. The van der Waals surface area contributed by atoms with E-state index in [1.807, 2.05) is 22.9 Å². The molecule has 0 saturated heterocycles. The number of nitrogens with one attached hydrogen (secondary N) is 1. The molecule has 0 aliphatic heterocycles. The van der Waals surface area contributed by atoms with Gasteiger partial charge < -0.3 is 10.1 Å². The summed E-state index contributed by atoms with van der Waals surface area (Å²) >= 11 is 6.14. The summed E-state index contributed by atoms with van der Waals surface area (Å²) in [7, 11) is 0. The van der Waals surface area contributed by atoms with Crippen LogP contribution in [0.15, 0.2) is 30.9 Å². The van der Waals surface area contributed by atoms with Gasteiger partial charge in [0, 0.05) is 17.6 Å². The topological polar surface area (TPSA) is 52.0 Å². The molecular formula is C17H23ClN4O. The second kappa shape index (κ2) is 7.68. The number of aryl methyl sites for hydroxylation is 1. The first kappa shape index (κ1) is 16.1. The van der Waals surface area contributed by atoms with Crippen LogP contribution >= 0.6 is 11.6 Å². The highest BCUT2D eigenvalue weighted by Gasteiger charge is 2.19. The number of ether oxygens (including phenoxy) is 1. The molecule has 1 aromatic heterocycles. The molecule has 1 N–H and O–H groups in total. The van der Waals surface area contributed by atoms with Gasteiger partial charge in [-0.3, -0.25) is 4.68 Å². The Hall–Kier alpha value is -1.75. The lowest BCUT2D eigenvalue weighted by atomic mass is 9.86. The van der Waals surface area contributed by atoms with E-state index in [-0.39, 0.29) is 6.04 Å². The first-order chi connectivity index (χ1) is 11.2. The van der Waals surface area contributed by atoms with Crippen molar-refractivity contribution in [3.8, 4) is 5.75 Å². The number of hydrogen-bond acceptors (Lipinski definition) is 4. The lowest BCUT2D eigenvalue weighted by molar-refractivity contribution is 0.181. The number of halogens is 1. The first-order valence-electron chi connectivity index (χ1n) is 8.22. The van der Waals surface area contributed by atoms with E-state index in [9.17, 15) is 0 Å². The normalized spacial score (nSPS) is 15.9. The Labute approximate surface area is 142 Å². The monoisotopic (exact) mass is 334 g/mol. The van der Waals surface area contributed by atoms with E-state index in [0.717, 1.165) is 31.0 Å². The highest BCUT2D eigenvalue weighted by molar-refractivity contribution is 6.30. The molecule has 0 spiro atoms. The molecular weight excluding hydrogens is 312 g/mol. The third-order valence-corrected chi connectivity index (χ3v) is 4.54. The SMILES string of the molecule is C[C@@H](CCn1cncn1)Nc1cc(Cl)ccc1OCC1CCC1. The molecule has 1 aliphatic carbocycles. The van der Waals surface area contributed by atoms with Crippen molar-refractivity contribution in [2.75, 3.05) is 11.9 Å². The summed E-state index contributed by atoms with van der Waals surface area (Å²) in [5.41, 5.74) is 0.961. The Morgan fingerprint density at radius 3 is 3.00 bits per heavy atom. The fraction of sp³-hybridized carbons (Fsp3) is 0.529. The quantitative estimate of drug-likeness (QED) is 0.792. The average Bonchev–Trinajstić information content (AvgIpc) is 2.99. The maximum atomic E-state index is 6.14. The Kier molecular flexibility index (Phi) is 5.39. The fourth-order valence-electron chi connectivity index (χ4n) is 2.62. The second-order valence-electron chi connectivity index (χ2n) is 6.24. The van der Waals surface area contributed by atoms with Crippen LogP contribution in [-0.4, -0.2) is 27.4 Å². The van der Waals surface area contributed by atoms with Gasteiger partial charge in [-0.15, -0.1) is 0 Å². The van der Waals surface area contributed by atoms with Crippen molar-refractivity contribution < 1.29 is 4.74 Å². The van der Waals surface area contributed by atoms with Crippen LogP contribution in [0.3, 0.4) is 0 Å². The van der Waals surface area contributed by atoms with E-state index in [1.165, 1.54) is 19.3 Å². The van der Waals surface area contributed by atoms with E-state index >= 15 is 0 Å². The van der Waals surface area contributed by atoms with Crippen molar-refractivity contribution in [1.29, 1.82) is 0 Å². The van der Waals surface area contributed by atoms with E-state index < -0.39 is 0 Å². The summed E-state index contributed by atoms with van der Waals surface area (Å²) in [4.78, 5) is 3.96. The Balaban J connectivity index is 1.56. The van der Waals surface area contributed by atoms with Crippen molar-refractivity contribution in [1.82, 2.24) is 14.8 Å². The van der Waals surface area contributed by atoms with Crippen LogP contribution in [0, 0.1) is 5.92 Å². The van der Waals surface area contributed by atoms with Crippen molar-refractivity contribution in [2.24, 2.45) is 5.92 Å². The van der Waals surface area contributed by atoms with E-state index in [1.54, 1.807) is 12.7 Å². The van der Waals surface area contributed by atoms with Crippen LogP contribution in [-0.2, 0) is 6.54 Å². The Morgan fingerprint density at radius 1 is 1.43 bits per heavy atom. The van der Waals surface area contributed by atoms with Gasteiger partial charge in [-0.1, -0.05) is 18.0 Å². The summed E-state index contributed by atoms with van der Waals surface area (Å²) < 4.78 is 7.84. The second-order valence-corrected chi connectivity index (χ2v) is 6.68. The molecule has 1 heterocycles. The van der Waals surface area contributed by atoms with Gasteiger partial charge in [-0.25, -0.2) is 4.98 Å². The van der Waals surface area contributed by atoms with Crippen LogP contribution in [0.1, 0.15) is 32.6 Å². The minimum absolute atomic E-state index is 0.281. The van der Waals surface area contributed by atoms with Crippen molar-refractivity contribution in [3.63, 3.8) is 0 Å². The number of hydrogen-bond donors (Lipinski definition) is 1. The molecule has 124 valence electrons. The molecule has 1 aromatic carbocycles. The van der Waals surface area contributed by atoms with Gasteiger partial charge in [-0.05, 0) is 50.3 Å². The van der Waals surface area contributed by atoms with Crippen molar-refractivity contribution >= 4 is 17.3 Å². The zero-order chi connectivity index (χ0) is 16.1. The van der Waals surface area contributed by atoms with Gasteiger partial charge in [-0.2, -0.15) is 5.10 Å². The lowest BCUT2D eigenvalue weighted by Crippen LogP contribution is -2.21. The maximum absolute atomic E-state index is 6.14. The molecule has 1 aliphatic rings. The van der Waals surface area contributed by atoms with E-state index in [0.29, 0.717) is 10.9 Å². The Bertz CT molecular complexity index is 613. The summed E-state index contributed by atoms with van der Waals surface area (Å²) in [6.07, 6.45) is 8.13. The predicted molar refractivity (Wildman–Crippen MR) is 92.0 cm³/mol. The summed E-state index contributed by atoms with van der Waals surface area (Å²) in [5, 5.41) is 8.34. The smallest absolute Gasteiger partial charge is 0.142 e. The van der Waals surface area contributed by atoms with Gasteiger partial charge in [0.15, 0.2) is 0 Å². The summed E-state index contributed by atoms with van der Waals surface area (Å²) in [6, 6.07) is 6.05. The molecule has 0 radical (unpaired) electrons. The zero-order valence-corrected chi connectivity index (χ0v) is 14.2. The fourth-order valence-corrected chi connectivity index (χ4v) is 2.79. The van der Waals surface area contributed by atoms with Crippen LogP contribution in [0.25, 0.3) is 0 Å². The third kappa shape index (κ3) is 4.61. The molecule has 5 nitrogen and oxygen atoms in total. The van der Waals surface area contributed by atoms with Crippen LogP contribution in [0.2, 0.25) is 5.02 Å². The highest BCUT2D eigenvalue weighted by atomic mass is 35.5. The first-order valence-corrected chi connectivity index (χ1v) is 8.60. The number of rotatable bonds is 8. The number of aromatic nitrogens is 3. The largest absolute Gasteiger partial charge is 0.491 e. The molecule has 0 bridgehead atoms. The average molecular weight is 335 g/mol. The van der Waals surface area contributed by atoms with E-state index in [2.05, 4.69) is 22.3 Å². The highest BCUT2D eigenvalue weighted by Crippen LogP contribution is 2.32. The lowest BCUT2D eigenvalue weighted by Gasteiger charge is -2.26. The van der Waals surface area contributed by atoms with Crippen LogP contribution < -0.4 is 10.1 Å². The number of benzene rings is 1. The molecule has 0 amide bonds. The molecule has 1 atom stereocenters.